The minimum absolute atomic E-state index is 0.102. The van der Waals surface area contributed by atoms with Gasteiger partial charge in [-0.25, -0.2) is 4.98 Å². The smallest absolute Gasteiger partial charge is 0.218 e. The number of nitrogens with zero attached hydrogens (tertiary/aromatic N) is 2. The first-order valence-corrected chi connectivity index (χ1v) is 7.31. The molecule has 0 spiro atoms. The van der Waals surface area contributed by atoms with Gasteiger partial charge in [0.2, 0.25) is 5.88 Å². The largest absolute Gasteiger partial charge is 0.478 e. The van der Waals surface area contributed by atoms with Crippen molar-refractivity contribution in [1.82, 2.24) is 9.97 Å². The van der Waals surface area contributed by atoms with E-state index in [0.717, 1.165) is 37.8 Å². The molecule has 20 heavy (non-hydrogen) atoms. The van der Waals surface area contributed by atoms with Crippen molar-refractivity contribution in [3.05, 3.63) is 11.9 Å². The fourth-order valence-electron chi connectivity index (χ4n) is 1.61. The number of anilines is 1. The first-order valence-electron chi connectivity index (χ1n) is 7.31. The Hall–Kier alpha value is -1.36. The molecule has 0 aliphatic rings. The fraction of sp³-hybridized carbons (Fsp3) is 0.733. The average Bonchev–Trinajstić information content (AvgIpc) is 2.38. The van der Waals surface area contributed by atoms with Crippen LogP contribution in [-0.2, 0) is 10.2 Å². The van der Waals surface area contributed by atoms with E-state index in [1.54, 1.807) is 0 Å². The van der Waals surface area contributed by atoms with Crippen molar-refractivity contribution < 1.29 is 9.47 Å². The van der Waals surface area contributed by atoms with Crippen molar-refractivity contribution >= 4 is 5.82 Å². The number of ether oxygens (including phenoxy) is 2. The lowest BCUT2D eigenvalue weighted by Crippen LogP contribution is -2.18. The molecule has 5 nitrogen and oxygen atoms in total. The van der Waals surface area contributed by atoms with Gasteiger partial charge in [-0.15, -0.1) is 0 Å². The van der Waals surface area contributed by atoms with Crippen LogP contribution in [0.4, 0.5) is 5.82 Å². The number of rotatable bonds is 8. The van der Waals surface area contributed by atoms with Gasteiger partial charge in [0.25, 0.3) is 0 Å². The third-order valence-electron chi connectivity index (χ3n) is 2.64. The second-order valence-corrected chi connectivity index (χ2v) is 5.58. The topological polar surface area (TPSA) is 56.3 Å². The van der Waals surface area contributed by atoms with Crippen LogP contribution in [0.15, 0.2) is 6.07 Å². The van der Waals surface area contributed by atoms with Crippen LogP contribution in [0.25, 0.3) is 0 Å². The number of hydrogen-bond donors (Lipinski definition) is 1. The molecule has 1 aromatic heterocycles. The highest BCUT2D eigenvalue weighted by Gasteiger charge is 2.19. The molecule has 114 valence electrons. The molecule has 0 bridgehead atoms. The molecule has 0 saturated heterocycles. The Kier molecular flexibility index (Phi) is 6.71. The summed E-state index contributed by atoms with van der Waals surface area (Å²) in [7, 11) is 0. The van der Waals surface area contributed by atoms with Crippen LogP contribution >= 0.6 is 0 Å². The normalized spacial score (nSPS) is 11.4. The van der Waals surface area contributed by atoms with Gasteiger partial charge in [0, 0.05) is 31.2 Å². The van der Waals surface area contributed by atoms with Gasteiger partial charge in [0.1, 0.15) is 11.6 Å². The summed E-state index contributed by atoms with van der Waals surface area (Å²) < 4.78 is 10.8. The molecule has 0 aliphatic heterocycles. The summed E-state index contributed by atoms with van der Waals surface area (Å²) >= 11 is 0. The number of hydrogen-bond acceptors (Lipinski definition) is 5. The van der Waals surface area contributed by atoms with Gasteiger partial charge in [0.15, 0.2) is 0 Å². The van der Waals surface area contributed by atoms with Gasteiger partial charge in [-0.1, -0.05) is 20.8 Å². The molecule has 0 aromatic carbocycles. The van der Waals surface area contributed by atoms with Crippen LogP contribution in [0.3, 0.4) is 0 Å². The van der Waals surface area contributed by atoms with Crippen LogP contribution in [0.5, 0.6) is 5.88 Å². The molecule has 0 radical (unpaired) electrons. The molecule has 5 heteroatoms. The summed E-state index contributed by atoms with van der Waals surface area (Å²) in [6, 6.07) is 1.85. The van der Waals surface area contributed by atoms with E-state index in [1.165, 1.54) is 0 Å². The highest BCUT2D eigenvalue weighted by Crippen LogP contribution is 2.23. The van der Waals surface area contributed by atoms with E-state index in [2.05, 4.69) is 36.1 Å². The zero-order chi connectivity index (χ0) is 15.0. The lowest BCUT2D eigenvalue weighted by molar-refractivity contribution is 0.147. The van der Waals surface area contributed by atoms with Crippen LogP contribution < -0.4 is 10.1 Å². The Labute approximate surface area is 122 Å². The molecule has 1 rings (SSSR count). The Bertz CT molecular complexity index is 403. The molecule has 0 amide bonds. The molecular weight excluding hydrogens is 254 g/mol. The molecule has 0 fully saturated rings. The molecule has 1 aromatic rings. The average molecular weight is 281 g/mol. The van der Waals surface area contributed by atoms with E-state index < -0.39 is 0 Å². The first kappa shape index (κ1) is 16.7. The predicted octanol–water partition coefficient (Wildman–Crippen LogP) is 3.01. The summed E-state index contributed by atoms with van der Waals surface area (Å²) in [5.41, 5.74) is -0.102. The van der Waals surface area contributed by atoms with Crippen molar-refractivity contribution in [2.75, 3.05) is 31.7 Å². The quantitative estimate of drug-likeness (QED) is 0.742. The van der Waals surface area contributed by atoms with E-state index in [0.29, 0.717) is 12.5 Å². The SMILES string of the molecule is CCOCCCNc1cc(OCC)nc(C(C)(C)C)n1. The van der Waals surface area contributed by atoms with E-state index in [-0.39, 0.29) is 5.41 Å². The standard InChI is InChI=1S/C15H27N3O2/c1-6-19-10-8-9-16-12-11-13(20-7-2)18-14(17-12)15(3,4)5/h11H,6-10H2,1-5H3,(H,16,17,18). The van der Waals surface area contributed by atoms with Gasteiger partial charge in [-0.3, -0.25) is 0 Å². The minimum atomic E-state index is -0.102. The molecule has 0 saturated carbocycles. The van der Waals surface area contributed by atoms with Crippen molar-refractivity contribution in [2.24, 2.45) is 0 Å². The van der Waals surface area contributed by atoms with Crippen molar-refractivity contribution in [3.63, 3.8) is 0 Å². The molecule has 0 atom stereocenters. The Morgan fingerprint density at radius 2 is 1.90 bits per heavy atom. The second-order valence-electron chi connectivity index (χ2n) is 5.58. The lowest BCUT2D eigenvalue weighted by atomic mass is 9.96. The summed E-state index contributed by atoms with van der Waals surface area (Å²) in [5.74, 6) is 2.22. The van der Waals surface area contributed by atoms with Gasteiger partial charge in [-0.05, 0) is 20.3 Å². The third kappa shape index (κ3) is 5.74. The summed E-state index contributed by atoms with van der Waals surface area (Å²) in [5, 5.41) is 3.30. The zero-order valence-electron chi connectivity index (χ0n) is 13.3. The molecule has 0 unspecified atom stereocenters. The predicted molar refractivity (Wildman–Crippen MR) is 81.5 cm³/mol. The maximum atomic E-state index is 5.51. The summed E-state index contributed by atoms with van der Waals surface area (Å²) in [6.07, 6.45) is 0.951. The van der Waals surface area contributed by atoms with Gasteiger partial charge >= 0.3 is 0 Å². The molecule has 1 N–H and O–H groups in total. The minimum Gasteiger partial charge on any atom is -0.478 e. The molecule has 0 aliphatic carbocycles. The maximum absolute atomic E-state index is 5.51. The van der Waals surface area contributed by atoms with Crippen LogP contribution in [0.2, 0.25) is 0 Å². The first-order chi connectivity index (χ1) is 9.47. The Morgan fingerprint density at radius 1 is 1.15 bits per heavy atom. The summed E-state index contributed by atoms with van der Waals surface area (Å²) in [6.45, 7) is 13.2. The molecule has 1 heterocycles. The number of nitrogens with one attached hydrogen (secondary N) is 1. The van der Waals surface area contributed by atoms with Crippen molar-refractivity contribution in [1.29, 1.82) is 0 Å². The van der Waals surface area contributed by atoms with Crippen LogP contribution in [0, 0.1) is 0 Å². The lowest BCUT2D eigenvalue weighted by Gasteiger charge is -2.18. The highest BCUT2D eigenvalue weighted by molar-refractivity contribution is 5.39. The third-order valence-corrected chi connectivity index (χ3v) is 2.64. The van der Waals surface area contributed by atoms with Crippen molar-refractivity contribution in [2.45, 2.75) is 46.5 Å². The van der Waals surface area contributed by atoms with Gasteiger partial charge in [0.05, 0.1) is 6.61 Å². The maximum Gasteiger partial charge on any atom is 0.218 e. The second kappa shape index (κ2) is 8.04. The van der Waals surface area contributed by atoms with Crippen molar-refractivity contribution in [3.8, 4) is 5.88 Å². The zero-order valence-corrected chi connectivity index (χ0v) is 13.3. The molecular formula is C15H27N3O2. The van der Waals surface area contributed by atoms with Crippen LogP contribution in [-0.4, -0.2) is 36.3 Å². The Morgan fingerprint density at radius 3 is 2.50 bits per heavy atom. The fourth-order valence-corrected chi connectivity index (χ4v) is 1.61. The van der Waals surface area contributed by atoms with E-state index in [9.17, 15) is 0 Å². The monoisotopic (exact) mass is 281 g/mol. The van der Waals surface area contributed by atoms with Gasteiger partial charge < -0.3 is 14.8 Å². The highest BCUT2D eigenvalue weighted by atomic mass is 16.5. The van der Waals surface area contributed by atoms with E-state index in [4.69, 9.17) is 9.47 Å². The van der Waals surface area contributed by atoms with E-state index >= 15 is 0 Å². The van der Waals surface area contributed by atoms with Crippen LogP contribution in [0.1, 0.15) is 46.9 Å². The van der Waals surface area contributed by atoms with E-state index in [1.807, 2.05) is 19.9 Å². The summed E-state index contributed by atoms with van der Waals surface area (Å²) in [4.78, 5) is 9.02. The van der Waals surface area contributed by atoms with Gasteiger partial charge in [-0.2, -0.15) is 4.98 Å². The number of aromatic nitrogens is 2. The Balaban J connectivity index is 2.71.